The van der Waals surface area contributed by atoms with Crippen LogP contribution in [-0.4, -0.2) is 25.8 Å². The Hall–Kier alpha value is -2.18. The van der Waals surface area contributed by atoms with Crippen molar-refractivity contribution < 1.29 is 4.79 Å². The molecule has 0 aliphatic rings. The third-order valence-corrected chi connectivity index (χ3v) is 3.40. The van der Waals surface area contributed by atoms with Gasteiger partial charge in [0.05, 0.1) is 17.4 Å². The highest BCUT2D eigenvalue weighted by atomic mass is 35.5. The molecule has 0 aliphatic heterocycles. The van der Waals surface area contributed by atoms with Crippen LogP contribution >= 0.6 is 23.2 Å². The number of benzene rings is 1. The van der Waals surface area contributed by atoms with Crippen molar-refractivity contribution in [1.29, 1.82) is 0 Å². The largest absolute Gasteiger partial charge is 0.345 e. The van der Waals surface area contributed by atoms with Crippen LogP contribution in [0.3, 0.4) is 0 Å². The van der Waals surface area contributed by atoms with Gasteiger partial charge in [0.1, 0.15) is 11.3 Å². The van der Waals surface area contributed by atoms with Crippen molar-refractivity contribution in [3.05, 3.63) is 46.6 Å². The summed E-state index contributed by atoms with van der Waals surface area (Å²) in [5.41, 5.74) is 2.00. The molecule has 8 heteroatoms. The van der Waals surface area contributed by atoms with Gasteiger partial charge in [0.2, 0.25) is 0 Å². The Morgan fingerprint density at radius 1 is 1.20 bits per heavy atom. The van der Waals surface area contributed by atoms with Gasteiger partial charge < -0.3 is 10.3 Å². The Morgan fingerprint density at radius 3 is 2.90 bits per heavy atom. The van der Waals surface area contributed by atoms with E-state index >= 15 is 0 Å². The number of carbonyl (C=O) groups is 1. The van der Waals surface area contributed by atoms with Crippen LogP contribution < -0.4 is 5.32 Å². The molecular formula is C12H7Cl2N5O. The maximum atomic E-state index is 12.1. The number of hydrogen-bond donors (Lipinski definition) is 2. The van der Waals surface area contributed by atoms with Crippen LogP contribution in [0, 0.1) is 0 Å². The second-order valence-corrected chi connectivity index (χ2v) is 4.65. The molecule has 0 saturated heterocycles. The smallest absolute Gasteiger partial charge is 0.256 e. The summed E-state index contributed by atoms with van der Waals surface area (Å²) in [6, 6.07) is 5.10. The average molecular weight is 308 g/mol. The highest BCUT2D eigenvalue weighted by Crippen LogP contribution is 2.25. The highest BCUT2D eigenvalue weighted by Gasteiger charge is 2.13. The van der Waals surface area contributed by atoms with E-state index < -0.39 is 0 Å². The number of nitrogens with zero attached hydrogens (tertiary/aromatic N) is 3. The second kappa shape index (κ2) is 5.07. The SMILES string of the molecule is O=C(Nc1ncnc(Cl)c1Cl)c1ccc2nc[nH]c2c1. The van der Waals surface area contributed by atoms with E-state index in [9.17, 15) is 4.79 Å². The summed E-state index contributed by atoms with van der Waals surface area (Å²) in [5.74, 6) is -0.181. The molecule has 0 bridgehead atoms. The minimum atomic E-state index is -0.349. The first-order valence-corrected chi connectivity index (χ1v) is 6.31. The lowest BCUT2D eigenvalue weighted by molar-refractivity contribution is 0.102. The van der Waals surface area contributed by atoms with Gasteiger partial charge in [-0.2, -0.15) is 0 Å². The van der Waals surface area contributed by atoms with Crippen LogP contribution in [0.4, 0.5) is 5.82 Å². The van der Waals surface area contributed by atoms with Crippen LogP contribution in [0.15, 0.2) is 30.9 Å². The average Bonchev–Trinajstić information content (AvgIpc) is 2.91. The van der Waals surface area contributed by atoms with Crippen molar-refractivity contribution in [2.45, 2.75) is 0 Å². The molecule has 1 amide bonds. The molecule has 0 spiro atoms. The molecule has 2 heterocycles. The van der Waals surface area contributed by atoms with Crippen molar-refractivity contribution >= 4 is 46.0 Å². The molecule has 0 saturated carbocycles. The second-order valence-electron chi connectivity index (χ2n) is 3.92. The Bertz CT molecular complexity index is 801. The van der Waals surface area contributed by atoms with Crippen LogP contribution in [-0.2, 0) is 0 Å². The predicted octanol–water partition coefficient (Wildman–Crippen LogP) is 2.91. The van der Waals surface area contributed by atoms with Gasteiger partial charge in [-0.1, -0.05) is 23.2 Å². The van der Waals surface area contributed by atoms with Gasteiger partial charge in [-0.05, 0) is 18.2 Å². The lowest BCUT2D eigenvalue weighted by Crippen LogP contribution is -2.13. The van der Waals surface area contributed by atoms with E-state index in [0.717, 1.165) is 11.0 Å². The van der Waals surface area contributed by atoms with E-state index in [2.05, 4.69) is 25.3 Å². The number of anilines is 1. The number of aromatic amines is 1. The minimum absolute atomic E-state index is 0.0842. The quantitative estimate of drug-likeness (QED) is 0.713. The first kappa shape index (κ1) is 12.8. The molecule has 0 aliphatic carbocycles. The number of imidazole rings is 1. The number of fused-ring (bicyclic) bond motifs is 1. The summed E-state index contributed by atoms with van der Waals surface area (Å²) in [7, 11) is 0. The van der Waals surface area contributed by atoms with Crippen molar-refractivity contribution in [3.8, 4) is 0 Å². The highest BCUT2D eigenvalue weighted by molar-refractivity contribution is 6.43. The molecule has 0 atom stereocenters. The standard InChI is InChI=1S/C12H7Cl2N5O/c13-9-10(14)17-5-18-11(9)19-12(20)6-1-2-7-8(3-6)16-4-15-7/h1-5H,(H,15,16)(H,17,18,19,20). The zero-order valence-electron chi connectivity index (χ0n) is 9.89. The fraction of sp³-hybridized carbons (Fsp3) is 0. The topological polar surface area (TPSA) is 83.6 Å². The van der Waals surface area contributed by atoms with Gasteiger partial charge in [0, 0.05) is 5.56 Å². The van der Waals surface area contributed by atoms with Crippen molar-refractivity contribution in [1.82, 2.24) is 19.9 Å². The Kier molecular flexibility index (Phi) is 3.25. The third-order valence-electron chi connectivity index (χ3n) is 2.66. The van der Waals surface area contributed by atoms with Crippen LogP contribution in [0.5, 0.6) is 0 Å². The van der Waals surface area contributed by atoms with E-state index in [1.54, 1.807) is 24.5 Å². The Labute approximate surface area is 123 Å². The first-order chi connectivity index (χ1) is 9.65. The normalized spacial score (nSPS) is 10.7. The van der Waals surface area contributed by atoms with Gasteiger partial charge in [0.25, 0.3) is 5.91 Å². The minimum Gasteiger partial charge on any atom is -0.345 e. The number of rotatable bonds is 2. The lowest BCUT2D eigenvalue weighted by atomic mass is 10.2. The van der Waals surface area contributed by atoms with Crippen molar-refractivity contribution in [3.63, 3.8) is 0 Å². The molecule has 3 aromatic rings. The molecule has 0 fully saturated rings. The first-order valence-electron chi connectivity index (χ1n) is 5.55. The number of H-pyrrole nitrogens is 1. The van der Waals surface area contributed by atoms with Gasteiger partial charge in [-0.3, -0.25) is 4.79 Å². The number of carbonyl (C=O) groups excluding carboxylic acids is 1. The molecule has 20 heavy (non-hydrogen) atoms. The third kappa shape index (κ3) is 2.31. The van der Waals surface area contributed by atoms with Crippen LogP contribution in [0.2, 0.25) is 10.2 Å². The number of hydrogen-bond acceptors (Lipinski definition) is 4. The lowest BCUT2D eigenvalue weighted by Gasteiger charge is -2.06. The van der Waals surface area contributed by atoms with E-state index in [1.165, 1.54) is 6.33 Å². The predicted molar refractivity (Wildman–Crippen MR) is 76.1 cm³/mol. The molecule has 3 rings (SSSR count). The van der Waals surface area contributed by atoms with Crippen LogP contribution in [0.1, 0.15) is 10.4 Å². The number of aromatic nitrogens is 4. The van der Waals surface area contributed by atoms with Gasteiger partial charge in [-0.15, -0.1) is 0 Å². The molecular weight excluding hydrogens is 301 g/mol. The molecule has 1 aromatic carbocycles. The van der Waals surface area contributed by atoms with Crippen molar-refractivity contribution in [2.24, 2.45) is 0 Å². The Balaban J connectivity index is 1.90. The number of amides is 1. The summed E-state index contributed by atoms with van der Waals surface area (Å²) in [4.78, 5) is 26.7. The fourth-order valence-corrected chi connectivity index (χ4v) is 1.97. The van der Waals surface area contributed by atoms with Crippen LogP contribution in [0.25, 0.3) is 11.0 Å². The fourth-order valence-electron chi connectivity index (χ4n) is 1.69. The van der Waals surface area contributed by atoms with E-state index in [0.29, 0.717) is 5.56 Å². The summed E-state index contributed by atoms with van der Waals surface area (Å²) in [5, 5.41) is 2.77. The molecule has 6 nitrogen and oxygen atoms in total. The number of nitrogens with one attached hydrogen (secondary N) is 2. The summed E-state index contributed by atoms with van der Waals surface area (Å²) in [6.45, 7) is 0. The van der Waals surface area contributed by atoms with E-state index in [-0.39, 0.29) is 21.9 Å². The molecule has 0 unspecified atom stereocenters. The maximum absolute atomic E-state index is 12.1. The summed E-state index contributed by atoms with van der Waals surface area (Å²) < 4.78 is 0. The molecule has 2 aromatic heterocycles. The summed E-state index contributed by atoms with van der Waals surface area (Å²) in [6.07, 6.45) is 2.79. The van der Waals surface area contributed by atoms with Gasteiger partial charge in [-0.25, -0.2) is 15.0 Å². The Morgan fingerprint density at radius 2 is 2.05 bits per heavy atom. The number of halogens is 2. The van der Waals surface area contributed by atoms with E-state index in [4.69, 9.17) is 23.2 Å². The monoisotopic (exact) mass is 307 g/mol. The molecule has 2 N–H and O–H groups in total. The molecule has 100 valence electrons. The van der Waals surface area contributed by atoms with Crippen molar-refractivity contribution in [2.75, 3.05) is 5.32 Å². The maximum Gasteiger partial charge on any atom is 0.256 e. The zero-order valence-corrected chi connectivity index (χ0v) is 11.4. The van der Waals surface area contributed by atoms with Gasteiger partial charge in [0.15, 0.2) is 11.0 Å². The van der Waals surface area contributed by atoms with Gasteiger partial charge >= 0.3 is 0 Å². The zero-order chi connectivity index (χ0) is 14.1. The molecule has 0 radical (unpaired) electrons. The van der Waals surface area contributed by atoms with E-state index in [1.807, 2.05) is 0 Å². The summed E-state index contributed by atoms with van der Waals surface area (Å²) >= 11 is 11.7.